The Morgan fingerprint density at radius 2 is 1.58 bits per heavy atom. The number of aliphatic hydroxyl groups is 1. The van der Waals surface area contributed by atoms with Gasteiger partial charge in [-0.2, -0.15) is 0 Å². The number of hydrogen-bond acceptors (Lipinski definition) is 6. The van der Waals surface area contributed by atoms with Gasteiger partial charge in [-0.1, -0.05) is 25.1 Å². The SMILES string of the molecule is CCCOc1ccc(/C(O)=C2\C(=O)C(=O)N(c3cccc(OCC)c3)C2c2ccc(OCC)cc2)cc1C. The number of ketones is 1. The Kier molecular flexibility index (Phi) is 8.36. The first-order valence-corrected chi connectivity index (χ1v) is 12.9. The second-order valence-corrected chi connectivity index (χ2v) is 8.93. The Balaban J connectivity index is 1.86. The number of rotatable bonds is 10. The number of Topliss-reactive ketones (excluding diaryl/α,β-unsaturated/α-hetero) is 1. The van der Waals surface area contributed by atoms with Crippen molar-refractivity contribution in [3.05, 3.63) is 89.0 Å². The van der Waals surface area contributed by atoms with E-state index in [2.05, 4.69) is 0 Å². The lowest BCUT2D eigenvalue weighted by Gasteiger charge is -2.26. The van der Waals surface area contributed by atoms with Gasteiger partial charge in [0.25, 0.3) is 11.7 Å². The third kappa shape index (κ3) is 5.37. The van der Waals surface area contributed by atoms with Crippen LogP contribution in [0.5, 0.6) is 17.2 Å². The van der Waals surface area contributed by atoms with Crippen LogP contribution in [-0.4, -0.2) is 36.6 Å². The highest BCUT2D eigenvalue weighted by Crippen LogP contribution is 2.43. The molecule has 4 rings (SSSR count). The van der Waals surface area contributed by atoms with E-state index >= 15 is 0 Å². The fourth-order valence-corrected chi connectivity index (χ4v) is 4.54. The Bertz CT molecular complexity index is 1340. The number of carbonyl (C=O) groups excluding carboxylic acids is 2. The van der Waals surface area contributed by atoms with Gasteiger partial charge in [0.05, 0.1) is 31.4 Å². The van der Waals surface area contributed by atoms with Gasteiger partial charge in [-0.3, -0.25) is 14.5 Å². The molecule has 198 valence electrons. The van der Waals surface area contributed by atoms with E-state index in [-0.39, 0.29) is 11.3 Å². The van der Waals surface area contributed by atoms with Gasteiger partial charge in [-0.05, 0) is 80.8 Å². The van der Waals surface area contributed by atoms with Gasteiger partial charge >= 0.3 is 0 Å². The lowest BCUT2D eigenvalue weighted by molar-refractivity contribution is -0.132. The molecule has 3 aromatic carbocycles. The molecule has 38 heavy (non-hydrogen) atoms. The van der Waals surface area contributed by atoms with Crippen molar-refractivity contribution in [2.75, 3.05) is 24.7 Å². The van der Waals surface area contributed by atoms with Crippen LogP contribution < -0.4 is 19.1 Å². The predicted molar refractivity (Wildman–Crippen MR) is 147 cm³/mol. The van der Waals surface area contributed by atoms with E-state index in [1.165, 1.54) is 4.90 Å². The van der Waals surface area contributed by atoms with Gasteiger partial charge < -0.3 is 19.3 Å². The van der Waals surface area contributed by atoms with E-state index in [4.69, 9.17) is 14.2 Å². The summed E-state index contributed by atoms with van der Waals surface area (Å²) in [6.07, 6.45) is 0.872. The summed E-state index contributed by atoms with van der Waals surface area (Å²) in [6.45, 7) is 9.23. The normalized spacial score (nSPS) is 16.5. The third-order valence-electron chi connectivity index (χ3n) is 6.27. The summed E-state index contributed by atoms with van der Waals surface area (Å²) in [7, 11) is 0. The molecule has 3 aromatic rings. The summed E-state index contributed by atoms with van der Waals surface area (Å²) in [5, 5.41) is 11.5. The van der Waals surface area contributed by atoms with Crippen LogP contribution in [0.1, 0.15) is 49.9 Å². The van der Waals surface area contributed by atoms with E-state index < -0.39 is 17.7 Å². The molecule has 1 N–H and O–H groups in total. The summed E-state index contributed by atoms with van der Waals surface area (Å²) in [6, 6.07) is 18.6. The number of carbonyl (C=O) groups is 2. The zero-order valence-corrected chi connectivity index (χ0v) is 22.2. The molecule has 1 atom stereocenters. The maximum Gasteiger partial charge on any atom is 0.300 e. The summed E-state index contributed by atoms with van der Waals surface area (Å²) in [4.78, 5) is 28.3. The van der Waals surface area contributed by atoms with Crippen LogP contribution in [0.25, 0.3) is 5.76 Å². The Morgan fingerprint density at radius 1 is 0.868 bits per heavy atom. The van der Waals surface area contributed by atoms with E-state index in [1.807, 2.05) is 27.7 Å². The Labute approximate surface area is 223 Å². The van der Waals surface area contributed by atoms with Gasteiger partial charge in [0.2, 0.25) is 0 Å². The molecule has 7 nitrogen and oxygen atoms in total. The van der Waals surface area contributed by atoms with Crippen LogP contribution in [0.3, 0.4) is 0 Å². The van der Waals surface area contributed by atoms with E-state index in [9.17, 15) is 14.7 Å². The van der Waals surface area contributed by atoms with Crippen molar-refractivity contribution in [1.29, 1.82) is 0 Å². The zero-order valence-electron chi connectivity index (χ0n) is 22.2. The van der Waals surface area contributed by atoms with Crippen molar-refractivity contribution >= 4 is 23.1 Å². The monoisotopic (exact) mass is 515 g/mol. The zero-order chi connectivity index (χ0) is 27.2. The van der Waals surface area contributed by atoms with Crippen molar-refractivity contribution in [2.24, 2.45) is 0 Å². The smallest absolute Gasteiger partial charge is 0.300 e. The minimum absolute atomic E-state index is 0.0163. The van der Waals surface area contributed by atoms with Gasteiger partial charge in [-0.15, -0.1) is 0 Å². The van der Waals surface area contributed by atoms with Crippen LogP contribution in [0, 0.1) is 6.92 Å². The lowest BCUT2D eigenvalue weighted by Crippen LogP contribution is -2.29. The molecule has 0 aliphatic carbocycles. The summed E-state index contributed by atoms with van der Waals surface area (Å²) < 4.78 is 17.0. The fraction of sp³-hybridized carbons (Fsp3) is 0.290. The van der Waals surface area contributed by atoms with Crippen LogP contribution in [0.4, 0.5) is 5.69 Å². The number of benzene rings is 3. The molecule has 7 heteroatoms. The van der Waals surface area contributed by atoms with Gasteiger partial charge in [0, 0.05) is 17.3 Å². The Hall–Kier alpha value is -4.26. The van der Waals surface area contributed by atoms with Crippen molar-refractivity contribution < 1.29 is 28.9 Å². The number of anilines is 1. The average Bonchev–Trinajstić information content (AvgIpc) is 3.18. The number of aliphatic hydroxyl groups excluding tert-OH is 1. The number of ether oxygens (including phenoxy) is 3. The molecule has 1 unspecified atom stereocenters. The fourth-order valence-electron chi connectivity index (χ4n) is 4.54. The van der Waals surface area contributed by atoms with Crippen molar-refractivity contribution in [3.63, 3.8) is 0 Å². The average molecular weight is 516 g/mol. The molecule has 0 aromatic heterocycles. The quantitative estimate of drug-likeness (QED) is 0.196. The highest BCUT2D eigenvalue weighted by atomic mass is 16.5. The first kappa shape index (κ1) is 26.8. The second kappa shape index (κ2) is 11.9. The molecule has 0 spiro atoms. The molecule has 1 aliphatic heterocycles. The molecular formula is C31H33NO6. The third-order valence-corrected chi connectivity index (χ3v) is 6.27. The molecular weight excluding hydrogens is 482 g/mol. The Morgan fingerprint density at radius 3 is 2.24 bits per heavy atom. The highest BCUT2D eigenvalue weighted by Gasteiger charge is 2.47. The molecule has 1 amide bonds. The first-order chi connectivity index (χ1) is 18.4. The van der Waals surface area contributed by atoms with Crippen LogP contribution in [0.15, 0.2) is 72.3 Å². The number of nitrogens with zero attached hydrogens (tertiary/aromatic N) is 1. The second-order valence-electron chi connectivity index (χ2n) is 8.93. The minimum Gasteiger partial charge on any atom is -0.507 e. The number of aryl methyl sites for hydroxylation is 1. The standard InChI is InChI=1S/C31H33NO6/c1-5-17-38-26-16-13-22(18-20(26)4)29(33)27-28(21-11-14-24(15-12-21)36-6-2)32(31(35)30(27)34)23-9-8-10-25(19-23)37-7-3/h8-16,18-19,28,33H,5-7,17H2,1-4H3/b29-27+. The highest BCUT2D eigenvalue weighted by molar-refractivity contribution is 6.51. The first-order valence-electron chi connectivity index (χ1n) is 12.9. The molecule has 1 saturated heterocycles. The molecule has 1 heterocycles. The molecule has 0 saturated carbocycles. The van der Waals surface area contributed by atoms with E-state index in [1.54, 1.807) is 66.7 Å². The van der Waals surface area contributed by atoms with Gasteiger partial charge in [0.15, 0.2) is 0 Å². The lowest BCUT2D eigenvalue weighted by atomic mass is 9.94. The number of amides is 1. The summed E-state index contributed by atoms with van der Waals surface area (Å²) in [5.74, 6) is 0.238. The van der Waals surface area contributed by atoms with Gasteiger partial charge in [0.1, 0.15) is 23.0 Å². The predicted octanol–water partition coefficient (Wildman–Crippen LogP) is 6.21. The van der Waals surface area contributed by atoms with Crippen molar-refractivity contribution in [1.82, 2.24) is 0 Å². The minimum atomic E-state index is -0.848. The van der Waals surface area contributed by atoms with Crippen molar-refractivity contribution in [2.45, 2.75) is 40.2 Å². The van der Waals surface area contributed by atoms with Crippen molar-refractivity contribution in [3.8, 4) is 17.2 Å². The van der Waals surface area contributed by atoms with E-state index in [0.29, 0.717) is 53.9 Å². The van der Waals surface area contributed by atoms with E-state index in [0.717, 1.165) is 12.0 Å². The van der Waals surface area contributed by atoms with Gasteiger partial charge in [-0.25, -0.2) is 0 Å². The molecule has 0 radical (unpaired) electrons. The van der Waals surface area contributed by atoms with Crippen LogP contribution >= 0.6 is 0 Å². The maximum absolute atomic E-state index is 13.5. The molecule has 0 bridgehead atoms. The summed E-state index contributed by atoms with van der Waals surface area (Å²) in [5.41, 5.74) is 2.43. The molecule has 1 aliphatic rings. The van der Waals surface area contributed by atoms with Crippen LogP contribution in [-0.2, 0) is 9.59 Å². The topological polar surface area (TPSA) is 85.3 Å². The molecule has 1 fully saturated rings. The number of hydrogen-bond donors (Lipinski definition) is 1. The largest absolute Gasteiger partial charge is 0.507 e. The summed E-state index contributed by atoms with van der Waals surface area (Å²) >= 11 is 0. The maximum atomic E-state index is 13.5. The van der Waals surface area contributed by atoms with Crippen LogP contribution in [0.2, 0.25) is 0 Å².